The van der Waals surface area contributed by atoms with Crippen LogP contribution in [0.2, 0.25) is 0 Å². The van der Waals surface area contributed by atoms with E-state index >= 15 is 0 Å². The van der Waals surface area contributed by atoms with Crippen LogP contribution < -0.4 is 0 Å². The van der Waals surface area contributed by atoms with Crippen molar-refractivity contribution in [3.8, 4) is 0 Å². The fourth-order valence-electron chi connectivity index (χ4n) is 2.55. The number of aliphatic imine (C=N–C) groups is 1. The van der Waals surface area contributed by atoms with Crippen LogP contribution in [0.25, 0.3) is 0 Å². The molecule has 18 heavy (non-hydrogen) atoms. The lowest BCUT2D eigenvalue weighted by molar-refractivity contribution is 0.0675. The average Bonchev–Trinajstić information content (AvgIpc) is 2.82. The molecule has 0 N–H and O–H groups in total. The number of hydrogen-bond donors (Lipinski definition) is 0. The summed E-state index contributed by atoms with van der Waals surface area (Å²) in [5.74, 6) is 1.78. The van der Waals surface area contributed by atoms with Crippen LogP contribution in [0.15, 0.2) is 23.2 Å². The number of rotatable bonds is 1. The van der Waals surface area contributed by atoms with Gasteiger partial charge in [0.25, 0.3) is 0 Å². The fourth-order valence-corrected chi connectivity index (χ4v) is 2.55. The molecule has 0 spiro atoms. The molecular weight excluding hydrogens is 224 g/mol. The van der Waals surface area contributed by atoms with Gasteiger partial charge in [0.2, 0.25) is 0 Å². The number of benzene rings is 1. The summed E-state index contributed by atoms with van der Waals surface area (Å²) in [6.45, 7) is 8.06. The van der Waals surface area contributed by atoms with Crippen molar-refractivity contribution in [3.63, 3.8) is 0 Å². The highest BCUT2D eigenvalue weighted by atomic mass is 16.5. The summed E-state index contributed by atoms with van der Waals surface area (Å²) in [6, 6.07) is 6.72. The minimum absolute atomic E-state index is 0.568. The van der Waals surface area contributed by atoms with E-state index in [-0.39, 0.29) is 0 Å². The first kappa shape index (κ1) is 11.7. The highest BCUT2D eigenvalue weighted by molar-refractivity contribution is 5.92. The van der Waals surface area contributed by atoms with Gasteiger partial charge in [-0.3, -0.25) is 0 Å². The third-order valence-electron chi connectivity index (χ3n) is 3.75. The average molecular weight is 244 g/mol. The topological polar surface area (TPSA) is 24.8 Å². The summed E-state index contributed by atoms with van der Waals surface area (Å²) in [4.78, 5) is 7.17. The second-order valence-corrected chi connectivity index (χ2v) is 5.35. The highest BCUT2D eigenvalue weighted by Crippen LogP contribution is 2.31. The highest BCUT2D eigenvalue weighted by Gasteiger charge is 2.21. The third kappa shape index (κ3) is 2.15. The quantitative estimate of drug-likeness (QED) is 0.759. The molecule has 3 heteroatoms. The number of morpholine rings is 1. The standard InChI is InChI=1S/C15H20N2O/c1-11(2)12-3-4-13-10-15(16-14(13)9-12)17-5-7-18-8-6-17/h3-4,9,11H,5-8,10H2,1-2H3. The Hall–Kier alpha value is -1.35. The minimum atomic E-state index is 0.568. The van der Waals surface area contributed by atoms with Gasteiger partial charge in [0.15, 0.2) is 0 Å². The van der Waals surface area contributed by atoms with E-state index < -0.39 is 0 Å². The Labute approximate surface area is 108 Å². The number of amidine groups is 1. The van der Waals surface area contributed by atoms with Crippen LogP contribution in [-0.4, -0.2) is 37.0 Å². The molecule has 1 aromatic carbocycles. The Morgan fingerprint density at radius 3 is 2.72 bits per heavy atom. The van der Waals surface area contributed by atoms with Crippen LogP contribution in [0.4, 0.5) is 5.69 Å². The summed E-state index contributed by atoms with van der Waals surface area (Å²) in [5.41, 5.74) is 3.91. The van der Waals surface area contributed by atoms with Gasteiger partial charge in [0.05, 0.1) is 18.9 Å². The molecule has 3 nitrogen and oxygen atoms in total. The molecule has 96 valence electrons. The molecule has 0 radical (unpaired) electrons. The summed E-state index contributed by atoms with van der Waals surface area (Å²) >= 11 is 0. The predicted molar refractivity (Wildman–Crippen MR) is 73.7 cm³/mol. The van der Waals surface area contributed by atoms with Gasteiger partial charge in [-0.2, -0.15) is 0 Å². The van der Waals surface area contributed by atoms with E-state index in [2.05, 4.69) is 36.9 Å². The van der Waals surface area contributed by atoms with E-state index in [9.17, 15) is 0 Å². The molecule has 0 saturated carbocycles. The summed E-state index contributed by atoms with van der Waals surface area (Å²) in [7, 11) is 0. The van der Waals surface area contributed by atoms with Crippen molar-refractivity contribution in [2.75, 3.05) is 26.3 Å². The van der Waals surface area contributed by atoms with Gasteiger partial charge in [0, 0.05) is 19.5 Å². The van der Waals surface area contributed by atoms with E-state index in [0.29, 0.717) is 5.92 Å². The molecule has 0 aromatic heterocycles. The van der Waals surface area contributed by atoms with Crippen molar-refractivity contribution in [1.82, 2.24) is 4.90 Å². The molecule has 1 aromatic rings. The van der Waals surface area contributed by atoms with Crippen LogP contribution in [0, 0.1) is 0 Å². The van der Waals surface area contributed by atoms with Gasteiger partial charge >= 0.3 is 0 Å². The SMILES string of the molecule is CC(C)c1ccc2c(c1)N=C(N1CCOCC1)C2. The lowest BCUT2D eigenvalue weighted by atomic mass is 10.00. The van der Waals surface area contributed by atoms with Crippen molar-refractivity contribution < 1.29 is 4.74 Å². The van der Waals surface area contributed by atoms with Gasteiger partial charge < -0.3 is 9.64 Å². The van der Waals surface area contributed by atoms with Crippen LogP contribution >= 0.6 is 0 Å². The van der Waals surface area contributed by atoms with Crippen molar-refractivity contribution >= 4 is 11.5 Å². The van der Waals surface area contributed by atoms with Crippen molar-refractivity contribution in [1.29, 1.82) is 0 Å². The largest absolute Gasteiger partial charge is 0.378 e. The molecule has 1 saturated heterocycles. The Balaban J connectivity index is 1.82. The van der Waals surface area contributed by atoms with Crippen molar-refractivity contribution in [2.45, 2.75) is 26.2 Å². The van der Waals surface area contributed by atoms with Crippen LogP contribution in [0.3, 0.4) is 0 Å². The van der Waals surface area contributed by atoms with Gasteiger partial charge in [-0.15, -0.1) is 0 Å². The fraction of sp³-hybridized carbons (Fsp3) is 0.533. The Morgan fingerprint density at radius 1 is 1.22 bits per heavy atom. The summed E-state index contributed by atoms with van der Waals surface area (Å²) in [5, 5.41) is 0. The minimum Gasteiger partial charge on any atom is -0.378 e. The number of fused-ring (bicyclic) bond motifs is 1. The van der Waals surface area contributed by atoms with Gasteiger partial charge in [-0.05, 0) is 23.1 Å². The van der Waals surface area contributed by atoms with E-state index in [1.807, 2.05) is 0 Å². The van der Waals surface area contributed by atoms with E-state index in [1.165, 1.54) is 22.6 Å². The maximum atomic E-state index is 5.39. The van der Waals surface area contributed by atoms with E-state index in [1.54, 1.807) is 0 Å². The lowest BCUT2D eigenvalue weighted by Crippen LogP contribution is -2.40. The van der Waals surface area contributed by atoms with Crippen LogP contribution in [-0.2, 0) is 11.2 Å². The van der Waals surface area contributed by atoms with Crippen LogP contribution in [0.5, 0.6) is 0 Å². The zero-order valence-electron chi connectivity index (χ0n) is 11.1. The monoisotopic (exact) mass is 244 g/mol. The molecule has 0 atom stereocenters. The molecule has 0 aliphatic carbocycles. The Kier molecular flexibility index (Phi) is 3.08. The zero-order valence-corrected chi connectivity index (χ0v) is 11.1. The maximum absolute atomic E-state index is 5.39. The maximum Gasteiger partial charge on any atom is 0.109 e. The second kappa shape index (κ2) is 4.73. The first-order valence-electron chi connectivity index (χ1n) is 6.77. The molecule has 3 rings (SSSR count). The number of ether oxygens (including phenoxy) is 1. The first-order chi connectivity index (χ1) is 8.74. The molecule has 2 aliphatic rings. The first-order valence-corrected chi connectivity index (χ1v) is 6.77. The van der Waals surface area contributed by atoms with Crippen LogP contribution in [0.1, 0.15) is 30.9 Å². The normalized spacial score (nSPS) is 19.1. The Bertz CT molecular complexity index is 473. The molecule has 2 aliphatic heterocycles. The van der Waals surface area contributed by atoms with Crippen molar-refractivity contribution in [2.24, 2.45) is 4.99 Å². The summed E-state index contributed by atoms with van der Waals surface area (Å²) in [6.07, 6.45) is 0.980. The predicted octanol–water partition coefficient (Wildman–Crippen LogP) is 2.73. The molecular formula is C15H20N2O. The lowest BCUT2D eigenvalue weighted by Gasteiger charge is -2.28. The third-order valence-corrected chi connectivity index (χ3v) is 3.75. The van der Waals surface area contributed by atoms with Gasteiger partial charge in [-0.25, -0.2) is 4.99 Å². The molecule has 0 amide bonds. The van der Waals surface area contributed by atoms with Gasteiger partial charge in [0.1, 0.15) is 5.84 Å². The molecule has 2 heterocycles. The zero-order chi connectivity index (χ0) is 12.5. The second-order valence-electron chi connectivity index (χ2n) is 5.35. The molecule has 0 unspecified atom stereocenters. The molecule has 0 bridgehead atoms. The number of nitrogens with zero attached hydrogens (tertiary/aromatic N) is 2. The van der Waals surface area contributed by atoms with E-state index in [4.69, 9.17) is 9.73 Å². The Morgan fingerprint density at radius 2 is 2.00 bits per heavy atom. The smallest absolute Gasteiger partial charge is 0.109 e. The van der Waals surface area contributed by atoms with E-state index in [0.717, 1.165) is 32.7 Å². The van der Waals surface area contributed by atoms with Crippen molar-refractivity contribution in [3.05, 3.63) is 29.3 Å². The van der Waals surface area contributed by atoms with Gasteiger partial charge in [-0.1, -0.05) is 26.0 Å². The summed E-state index contributed by atoms with van der Waals surface area (Å²) < 4.78 is 5.39. The molecule has 1 fully saturated rings. The number of hydrogen-bond acceptors (Lipinski definition) is 3.